The Hall–Kier alpha value is -2.88. The Labute approximate surface area is 157 Å². The molecule has 10 heteroatoms. The number of nitrogens with zero attached hydrogens (tertiary/aromatic N) is 1. The van der Waals surface area contributed by atoms with Crippen molar-refractivity contribution in [2.24, 2.45) is 0 Å². The normalized spacial score (nSPS) is 12.6. The van der Waals surface area contributed by atoms with Gasteiger partial charge in [0.05, 0.1) is 5.56 Å². The second-order valence-corrected chi connectivity index (χ2v) is 6.20. The van der Waals surface area contributed by atoms with Gasteiger partial charge in [0.2, 0.25) is 0 Å². The number of carbonyl (C=O) groups is 2. The van der Waals surface area contributed by atoms with E-state index in [1.165, 1.54) is 18.3 Å². The molecule has 1 aliphatic heterocycles. The van der Waals surface area contributed by atoms with E-state index >= 15 is 0 Å². The highest BCUT2D eigenvalue weighted by molar-refractivity contribution is 7.99. The molecule has 0 spiro atoms. The lowest BCUT2D eigenvalue weighted by molar-refractivity contribution is -0.119. The molecule has 2 aromatic rings. The fourth-order valence-corrected chi connectivity index (χ4v) is 2.82. The van der Waals surface area contributed by atoms with Gasteiger partial charge in [-0.1, -0.05) is 0 Å². The molecule has 1 N–H and O–H groups in total. The van der Waals surface area contributed by atoms with Gasteiger partial charge in [0.25, 0.3) is 11.7 Å². The summed E-state index contributed by atoms with van der Waals surface area (Å²) in [5.41, 5.74) is 0.311. The summed E-state index contributed by atoms with van der Waals surface area (Å²) in [5.74, 6) is -3.16. The van der Waals surface area contributed by atoms with Gasteiger partial charge in [-0.25, -0.2) is 9.78 Å². The summed E-state index contributed by atoms with van der Waals surface area (Å²) in [6, 6.07) is 7.58. The maximum Gasteiger partial charge on any atom is 0.341 e. The first-order valence-electron chi connectivity index (χ1n) is 7.79. The summed E-state index contributed by atoms with van der Waals surface area (Å²) in [4.78, 5) is 27.8. The van der Waals surface area contributed by atoms with Crippen molar-refractivity contribution in [3.05, 3.63) is 42.1 Å². The lowest BCUT2D eigenvalue weighted by Crippen LogP contribution is -2.21. The minimum Gasteiger partial charge on any atom is -0.486 e. The number of alkyl halides is 2. The third-order valence-electron chi connectivity index (χ3n) is 3.35. The first-order chi connectivity index (χ1) is 13.0. The maximum absolute atomic E-state index is 12.5. The van der Waals surface area contributed by atoms with Crippen molar-refractivity contribution in [1.29, 1.82) is 0 Å². The Morgan fingerprint density at radius 1 is 1.22 bits per heavy atom. The van der Waals surface area contributed by atoms with E-state index in [0.717, 1.165) is 0 Å². The highest BCUT2D eigenvalue weighted by Gasteiger charge is 2.19. The van der Waals surface area contributed by atoms with E-state index in [0.29, 0.717) is 30.4 Å². The molecule has 3 rings (SSSR count). The number of ether oxygens (including phenoxy) is 3. The number of benzene rings is 1. The zero-order valence-electron chi connectivity index (χ0n) is 13.8. The molecular formula is C17H14F2N2O5S. The van der Waals surface area contributed by atoms with Crippen LogP contribution < -0.4 is 14.8 Å². The smallest absolute Gasteiger partial charge is 0.341 e. The Morgan fingerprint density at radius 3 is 2.78 bits per heavy atom. The molecular weight excluding hydrogens is 382 g/mol. The molecule has 0 fully saturated rings. The van der Waals surface area contributed by atoms with E-state index < -0.39 is 24.2 Å². The third-order valence-corrected chi connectivity index (χ3v) is 4.08. The van der Waals surface area contributed by atoms with Gasteiger partial charge < -0.3 is 19.5 Å². The summed E-state index contributed by atoms with van der Waals surface area (Å²) >= 11 is 0.132. The number of fused-ring (bicyclic) bond motifs is 1. The number of amides is 1. The molecule has 0 bridgehead atoms. The van der Waals surface area contributed by atoms with Gasteiger partial charge in [-0.3, -0.25) is 4.79 Å². The van der Waals surface area contributed by atoms with Crippen LogP contribution in [0.5, 0.6) is 11.5 Å². The summed E-state index contributed by atoms with van der Waals surface area (Å²) in [7, 11) is 0. The first-order valence-corrected chi connectivity index (χ1v) is 8.67. The molecule has 7 nitrogen and oxygen atoms in total. The van der Waals surface area contributed by atoms with Crippen molar-refractivity contribution in [3.63, 3.8) is 0 Å². The van der Waals surface area contributed by atoms with Gasteiger partial charge in [0.15, 0.2) is 18.1 Å². The van der Waals surface area contributed by atoms with E-state index in [1.807, 2.05) is 0 Å². The number of carbonyl (C=O) groups excluding carboxylic acids is 2. The summed E-state index contributed by atoms with van der Waals surface area (Å²) < 4.78 is 40.7. The van der Waals surface area contributed by atoms with Crippen molar-refractivity contribution in [3.8, 4) is 11.5 Å². The molecule has 1 aliphatic rings. The average Bonchev–Trinajstić information content (AvgIpc) is 2.66. The van der Waals surface area contributed by atoms with Crippen LogP contribution >= 0.6 is 11.8 Å². The van der Waals surface area contributed by atoms with Crippen LogP contribution in [0.4, 0.5) is 14.5 Å². The second kappa shape index (κ2) is 8.67. The largest absolute Gasteiger partial charge is 0.486 e. The predicted octanol–water partition coefficient (Wildman–Crippen LogP) is 2.96. The molecule has 0 saturated heterocycles. The fraction of sp³-hybridized carbons (Fsp3) is 0.235. The van der Waals surface area contributed by atoms with Gasteiger partial charge in [-0.15, -0.1) is 0 Å². The number of hydrogen-bond acceptors (Lipinski definition) is 7. The summed E-state index contributed by atoms with van der Waals surface area (Å²) in [6.45, 7) is 0.280. The zero-order valence-corrected chi connectivity index (χ0v) is 14.6. The lowest BCUT2D eigenvalue weighted by atomic mass is 10.2. The van der Waals surface area contributed by atoms with Crippen LogP contribution in [0.15, 0.2) is 41.6 Å². The van der Waals surface area contributed by atoms with Gasteiger partial charge in [-0.2, -0.15) is 8.78 Å². The average molecular weight is 396 g/mol. The summed E-state index contributed by atoms with van der Waals surface area (Å²) in [5, 5.41) is 2.39. The van der Waals surface area contributed by atoms with Crippen LogP contribution in [0.2, 0.25) is 0 Å². The van der Waals surface area contributed by atoms with Crippen LogP contribution in [0.25, 0.3) is 0 Å². The molecule has 1 aromatic heterocycles. The standard InChI is InChI=1S/C17H14F2N2O5S/c18-17(19)27-15-11(2-1-5-20-15)16(23)26-9-14(22)21-10-3-4-12-13(8-10)25-7-6-24-12/h1-5,8,17H,6-7,9H2,(H,21,22). The topological polar surface area (TPSA) is 86.8 Å². The number of rotatable bonds is 6. The Morgan fingerprint density at radius 2 is 2.00 bits per heavy atom. The van der Waals surface area contributed by atoms with Gasteiger partial charge >= 0.3 is 5.97 Å². The Kier molecular flexibility index (Phi) is 6.07. The molecule has 0 aliphatic carbocycles. The monoisotopic (exact) mass is 396 g/mol. The zero-order chi connectivity index (χ0) is 19.2. The van der Waals surface area contributed by atoms with Crippen LogP contribution in [0.1, 0.15) is 10.4 Å². The quantitative estimate of drug-likeness (QED) is 0.593. The Balaban J connectivity index is 1.57. The maximum atomic E-state index is 12.5. The number of anilines is 1. The molecule has 2 heterocycles. The third kappa shape index (κ3) is 5.07. The number of hydrogen-bond donors (Lipinski definition) is 1. The molecule has 0 saturated carbocycles. The number of aromatic nitrogens is 1. The highest BCUT2D eigenvalue weighted by Crippen LogP contribution is 2.32. The molecule has 0 radical (unpaired) electrons. The fourth-order valence-electron chi connectivity index (χ4n) is 2.25. The van der Waals surface area contributed by atoms with E-state index in [9.17, 15) is 18.4 Å². The van der Waals surface area contributed by atoms with Crippen LogP contribution in [-0.2, 0) is 9.53 Å². The van der Waals surface area contributed by atoms with Gasteiger partial charge in [0, 0.05) is 18.0 Å². The van der Waals surface area contributed by atoms with E-state index in [2.05, 4.69) is 10.3 Å². The number of halogens is 2. The second-order valence-electron chi connectivity index (χ2n) is 5.22. The highest BCUT2D eigenvalue weighted by atomic mass is 32.2. The van der Waals surface area contributed by atoms with E-state index in [1.54, 1.807) is 18.2 Å². The summed E-state index contributed by atoms with van der Waals surface area (Å²) in [6.07, 6.45) is 1.29. The minimum atomic E-state index is -2.73. The lowest BCUT2D eigenvalue weighted by Gasteiger charge is -2.19. The van der Waals surface area contributed by atoms with E-state index in [-0.39, 0.29) is 22.4 Å². The number of esters is 1. The van der Waals surface area contributed by atoms with Crippen molar-refractivity contribution < 1.29 is 32.6 Å². The molecule has 0 unspecified atom stereocenters. The van der Waals surface area contributed by atoms with Gasteiger partial charge in [-0.05, 0) is 36.0 Å². The van der Waals surface area contributed by atoms with Crippen molar-refractivity contribution in [1.82, 2.24) is 4.98 Å². The SMILES string of the molecule is O=C(COC(=O)c1cccnc1SC(F)F)Nc1ccc2c(c1)OCCO2. The van der Waals surface area contributed by atoms with Crippen molar-refractivity contribution in [2.75, 3.05) is 25.1 Å². The van der Waals surface area contributed by atoms with Crippen molar-refractivity contribution >= 4 is 29.3 Å². The Bertz CT molecular complexity index is 850. The van der Waals surface area contributed by atoms with Crippen LogP contribution in [0.3, 0.4) is 0 Å². The van der Waals surface area contributed by atoms with Crippen molar-refractivity contribution in [2.45, 2.75) is 10.8 Å². The number of thioether (sulfide) groups is 1. The van der Waals surface area contributed by atoms with Gasteiger partial charge in [0.1, 0.15) is 18.2 Å². The first kappa shape index (κ1) is 18.9. The van der Waals surface area contributed by atoms with Crippen LogP contribution in [-0.4, -0.2) is 42.4 Å². The molecule has 0 atom stereocenters. The molecule has 27 heavy (non-hydrogen) atoms. The minimum absolute atomic E-state index is 0.130. The van der Waals surface area contributed by atoms with E-state index in [4.69, 9.17) is 14.2 Å². The van der Waals surface area contributed by atoms with Crippen LogP contribution in [0, 0.1) is 0 Å². The molecule has 1 amide bonds. The molecule has 142 valence electrons. The number of nitrogens with one attached hydrogen (secondary N) is 1. The molecule has 1 aromatic carbocycles. The predicted molar refractivity (Wildman–Crippen MR) is 92.4 cm³/mol. The number of pyridine rings is 1.